The summed E-state index contributed by atoms with van der Waals surface area (Å²) in [6.45, 7) is 5.83. The van der Waals surface area contributed by atoms with Gasteiger partial charge in [-0.15, -0.1) is 0 Å². The Kier molecular flexibility index (Phi) is 5.84. The summed E-state index contributed by atoms with van der Waals surface area (Å²) >= 11 is 6.14. The molecule has 1 amide bonds. The monoisotopic (exact) mass is 363 g/mol. The van der Waals surface area contributed by atoms with Crippen LogP contribution >= 0.6 is 11.6 Å². The van der Waals surface area contributed by atoms with Gasteiger partial charge in [-0.05, 0) is 64.7 Å². The quantitative estimate of drug-likeness (QED) is 0.842. The van der Waals surface area contributed by atoms with Crippen molar-refractivity contribution in [1.82, 2.24) is 4.90 Å². The third kappa shape index (κ3) is 4.38. The van der Waals surface area contributed by atoms with E-state index in [0.29, 0.717) is 16.6 Å². The van der Waals surface area contributed by atoms with Crippen molar-refractivity contribution in [2.75, 3.05) is 11.9 Å². The molecule has 1 fully saturated rings. The first kappa shape index (κ1) is 19.4. The number of carbonyl (C=O) groups is 1. The molecule has 0 atom stereocenters. The predicted octanol–water partition coefficient (Wildman–Crippen LogP) is 4.74. The van der Waals surface area contributed by atoms with E-state index in [1.54, 1.807) is 11.0 Å². The zero-order valence-corrected chi connectivity index (χ0v) is 16.0. The molecule has 0 bridgehead atoms. The molecule has 5 nitrogen and oxygen atoms in total. The molecule has 0 heterocycles. The van der Waals surface area contributed by atoms with E-state index in [2.05, 4.69) is 11.0 Å². The fourth-order valence-electron chi connectivity index (χ4n) is 3.72. The highest BCUT2D eigenvalue weighted by atomic mass is 35.5. The smallest absolute Gasteiger partial charge is 0.407 e. The van der Waals surface area contributed by atoms with Crippen LogP contribution in [-0.4, -0.2) is 40.8 Å². The Balaban J connectivity index is 2.05. The van der Waals surface area contributed by atoms with E-state index < -0.39 is 11.6 Å². The average Bonchev–Trinajstić information content (AvgIpc) is 2.53. The predicted molar refractivity (Wildman–Crippen MR) is 100 cm³/mol. The summed E-state index contributed by atoms with van der Waals surface area (Å²) < 4.78 is 0. The van der Waals surface area contributed by atoms with Gasteiger partial charge in [0.2, 0.25) is 0 Å². The Morgan fingerprint density at radius 2 is 1.80 bits per heavy atom. The van der Waals surface area contributed by atoms with Gasteiger partial charge in [-0.1, -0.05) is 11.6 Å². The molecule has 0 radical (unpaired) electrons. The van der Waals surface area contributed by atoms with Crippen LogP contribution in [0.3, 0.4) is 0 Å². The van der Waals surface area contributed by atoms with Crippen LogP contribution in [0.4, 0.5) is 10.5 Å². The third-order valence-corrected chi connectivity index (χ3v) is 5.30. The average molecular weight is 364 g/mol. The van der Waals surface area contributed by atoms with Crippen LogP contribution in [-0.2, 0) is 0 Å². The second kappa shape index (κ2) is 7.53. The molecule has 1 saturated carbocycles. The zero-order valence-electron chi connectivity index (χ0n) is 15.3. The summed E-state index contributed by atoms with van der Waals surface area (Å²) in [5.74, 6) is 0. The topological polar surface area (TPSA) is 67.6 Å². The summed E-state index contributed by atoms with van der Waals surface area (Å²) in [7, 11) is 2.03. The molecule has 1 aromatic rings. The number of amides is 1. The Hall–Kier alpha value is -1.93. The first-order valence-electron chi connectivity index (χ1n) is 8.60. The van der Waals surface area contributed by atoms with Crippen LogP contribution in [0.25, 0.3) is 0 Å². The molecular weight excluding hydrogens is 338 g/mol. The van der Waals surface area contributed by atoms with Gasteiger partial charge in [0, 0.05) is 30.4 Å². The van der Waals surface area contributed by atoms with E-state index in [9.17, 15) is 9.90 Å². The molecule has 136 valence electrons. The minimum absolute atomic E-state index is 0.0618. The Morgan fingerprint density at radius 1 is 1.24 bits per heavy atom. The number of hydrogen-bond acceptors (Lipinski definition) is 3. The fourth-order valence-corrected chi connectivity index (χ4v) is 3.94. The third-order valence-electron chi connectivity index (χ3n) is 4.99. The number of halogens is 1. The molecule has 25 heavy (non-hydrogen) atoms. The maximum atomic E-state index is 11.7. The molecule has 1 aliphatic carbocycles. The maximum Gasteiger partial charge on any atom is 0.407 e. The van der Waals surface area contributed by atoms with Gasteiger partial charge in [-0.2, -0.15) is 5.26 Å². The molecule has 0 aliphatic heterocycles. The number of hydrogen-bond donors (Lipinski definition) is 1. The molecule has 2 rings (SSSR count). The number of benzene rings is 1. The lowest BCUT2D eigenvalue weighted by atomic mass is 9.87. The Labute approximate surface area is 154 Å². The van der Waals surface area contributed by atoms with Crippen molar-refractivity contribution in [3.8, 4) is 6.07 Å². The van der Waals surface area contributed by atoms with Crippen molar-refractivity contribution < 1.29 is 9.90 Å². The first-order valence-corrected chi connectivity index (χ1v) is 8.97. The van der Waals surface area contributed by atoms with Gasteiger partial charge in [0.25, 0.3) is 0 Å². The molecular formula is C19H26ClN3O2. The van der Waals surface area contributed by atoms with Gasteiger partial charge < -0.3 is 14.9 Å². The molecule has 1 aromatic carbocycles. The highest BCUT2D eigenvalue weighted by Gasteiger charge is 2.36. The highest BCUT2D eigenvalue weighted by Crippen LogP contribution is 2.33. The van der Waals surface area contributed by atoms with Gasteiger partial charge in [0.05, 0.1) is 10.6 Å². The number of anilines is 1. The minimum Gasteiger partial charge on any atom is -0.465 e. The molecule has 0 aromatic heterocycles. The fraction of sp³-hybridized carbons (Fsp3) is 0.579. The second-order valence-electron chi connectivity index (χ2n) is 7.67. The summed E-state index contributed by atoms with van der Waals surface area (Å²) in [6, 6.07) is 7.96. The van der Waals surface area contributed by atoms with E-state index in [-0.39, 0.29) is 6.04 Å². The normalized spacial score (nSPS) is 20.6. The van der Waals surface area contributed by atoms with Crippen LogP contribution in [0.15, 0.2) is 18.2 Å². The SMILES string of the molecule is CN(c1ccc(C#N)c(Cl)c1)C1CCC(N(C(=O)O)C(C)(C)C)CC1. The number of nitriles is 1. The van der Waals surface area contributed by atoms with E-state index >= 15 is 0 Å². The van der Waals surface area contributed by atoms with Gasteiger partial charge >= 0.3 is 6.09 Å². The lowest BCUT2D eigenvalue weighted by molar-refractivity contribution is 0.0547. The second-order valence-corrected chi connectivity index (χ2v) is 8.08. The number of carboxylic acid groups (broad SMARTS) is 1. The molecule has 0 unspecified atom stereocenters. The lowest BCUT2D eigenvalue weighted by Gasteiger charge is -2.44. The van der Waals surface area contributed by atoms with E-state index in [4.69, 9.17) is 16.9 Å². The van der Waals surface area contributed by atoms with Crippen molar-refractivity contribution in [3.05, 3.63) is 28.8 Å². The van der Waals surface area contributed by atoms with E-state index in [1.165, 1.54) is 0 Å². The molecule has 6 heteroatoms. The summed E-state index contributed by atoms with van der Waals surface area (Å²) in [6.07, 6.45) is 2.71. The summed E-state index contributed by atoms with van der Waals surface area (Å²) in [5, 5.41) is 19.0. The minimum atomic E-state index is -0.844. The van der Waals surface area contributed by atoms with Gasteiger partial charge in [0.1, 0.15) is 6.07 Å². The molecule has 1 N–H and O–H groups in total. The standard InChI is InChI=1S/C19H26ClN3O2/c1-19(2,3)23(18(24)25)15-9-7-14(8-10-15)22(4)16-6-5-13(12-21)17(20)11-16/h5-6,11,14-15H,7-10H2,1-4H3,(H,24,25). The number of rotatable bonds is 3. The van der Waals surface area contributed by atoms with Crippen molar-refractivity contribution in [2.24, 2.45) is 0 Å². The van der Waals surface area contributed by atoms with Crippen molar-refractivity contribution in [3.63, 3.8) is 0 Å². The summed E-state index contributed by atoms with van der Waals surface area (Å²) in [4.78, 5) is 15.4. The molecule has 0 spiro atoms. The van der Waals surface area contributed by atoms with Gasteiger partial charge in [-0.25, -0.2) is 4.79 Å². The number of nitrogens with zero attached hydrogens (tertiary/aromatic N) is 3. The maximum absolute atomic E-state index is 11.7. The Morgan fingerprint density at radius 3 is 2.24 bits per heavy atom. The van der Waals surface area contributed by atoms with Crippen LogP contribution < -0.4 is 4.90 Å². The lowest BCUT2D eigenvalue weighted by Crippen LogP contribution is -2.53. The van der Waals surface area contributed by atoms with Crippen LogP contribution in [0.2, 0.25) is 5.02 Å². The zero-order chi connectivity index (χ0) is 18.8. The van der Waals surface area contributed by atoms with Crippen LogP contribution in [0.5, 0.6) is 0 Å². The van der Waals surface area contributed by atoms with E-state index in [0.717, 1.165) is 31.4 Å². The largest absolute Gasteiger partial charge is 0.465 e. The van der Waals surface area contributed by atoms with Crippen molar-refractivity contribution in [2.45, 2.75) is 64.1 Å². The Bertz CT molecular complexity index is 670. The van der Waals surface area contributed by atoms with Crippen LogP contribution in [0.1, 0.15) is 52.0 Å². The molecule has 0 saturated heterocycles. The van der Waals surface area contributed by atoms with Gasteiger partial charge in [0.15, 0.2) is 0 Å². The molecule has 1 aliphatic rings. The van der Waals surface area contributed by atoms with Crippen molar-refractivity contribution >= 4 is 23.4 Å². The van der Waals surface area contributed by atoms with Crippen molar-refractivity contribution in [1.29, 1.82) is 5.26 Å². The first-order chi connectivity index (χ1) is 11.6. The summed E-state index contributed by atoms with van der Waals surface area (Å²) in [5.41, 5.74) is 1.07. The van der Waals surface area contributed by atoms with Crippen LogP contribution in [0, 0.1) is 11.3 Å². The highest BCUT2D eigenvalue weighted by molar-refractivity contribution is 6.32. The van der Waals surface area contributed by atoms with E-state index in [1.807, 2.05) is 40.0 Å². The van der Waals surface area contributed by atoms with Gasteiger partial charge in [-0.3, -0.25) is 0 Å².